The molecule has 1 rings (SSSR count). The zero-order valence-corrected chi connectivity index (χ0v) is 9.37. The van der Waals surface area contributed by atoms with Gasteiger partial charge in [0.1, 0.15) is 5.37 Å². The highest BCUT2D eigenvalue weighted by molar-refractivity contribution is 7.92. The van der Waals surface area contributed by atoms with E-state index >= 15 is 0 Å². The summed E-state index contributed by atoms with van der Waals surface area (Å²) >= 11 is 0. The van der Waals surface area contributed by atoms with Crippen molar-refractivity contribution in [3.05, 3.63) is 29.8 Å². The third kappa shape index (κ3) is 2.56. The molecule has 1 aromatic rings. The Kier molecular flexibility index (Phi) is 3.84. The average molecular weight is 229 g/mol. The summed E-state index contributed by atoms with van der Waals surface area (Å²) in [6.45, 7) is 1.42. The molecule has 0 amide bonds. The van der Waals surface area contributed by atoms with Crippen LogP contribution in [0.3, 0.4) is 0 Å². The standard InChI is InChI=1S/C10H15NO3S/c1-2-8-3-5-9(6-4-8)15(13,14)10(11)7-12/h3-6,10,12H,2,7,11H2,1H3. The van der Waals surface area contributed by atoms with E-state index in [2.05, 4.69) is 0 Å². The Morgan fingerprint density at radius 2 is 1.87 bits per heavy atom. The van der Waals surface area contributed by atoms with Gasteiger partial charge in [-0.1, -0.05) is 19.1 Å². The van der Waals surface area contributed by atoms with Gasteiger partial charge in [0.2, 0.25) is 0 Å². The van der Waals surface area contributed by atoms with Gasteiger partial charge in [-0.3, -0.25) is 0 Å². The van der Waals surface area contributed by atoms with Crippen LogP contribution in [0.1, 0.15) is 12.5 Å². The molecule has 1 unspecified atom stereocenters. The predicted octanol–water partition coefficient (Wildman–Crippen LogP) is 0.300. The fourth-order valence-corrected chi connectivity index (χ4v) is 2.25. The van der Waals surface area contributed by atoms with E-state index in [0.29, 0.717) is 0 Å². The van der Waals surface area contributed by atoms with Crippen LogP contribution in [0.25, 0.3) is 0 Å². The first-order valence-electron chi connectivity index (χ1n) is 4.71. The van der Waals surface area contributed by atoms with E-state index in [9.17, 15) is 8.42 Å². The van der Waals surface area contributed by atoms with Gasteiger partial charge in [-0.25, -0.2) is 8.42 Å². The number of nitrogens with two attached hydrogens (primary N) is 1. The summed E-state index contributed by atoms with van der Waals surface area (Å²) in [6.07, 6.45) is 0.854. The monoisotopic (exact) mass is 229 g/mol. The lowest BCUT2D eigenvalue weighted by Gasteiger charge is -2.10. The van der Waals surface area contributed by atoms with Crippen molar-refractivity contribution in [2.24, 2.45) is 5.73 Å². The second-order valence-corrected chi connectivity index (χ2v) is 5.43. The van der Waals surface area contributed by atoms with Crippen molar-refractivity contribution in [2.75, 3.05) is 6.61 Å². The molecule has 0 saturated carbocycles. The predicted molar refractivity (Wildman–Crippen MR) is 58.1 cm³/mol. The maximum absolute atomic E-state index is 11.7. The van der Waals surface area contributed by atoms with Crippen molar-refractivity contribution in [1.29, 1.82) is 0 Å². The highest BCUT2D eigenvalue weighted by atomic mass is 32.2. The van der Waals surface area contributed by atoms with E-state index in [-0.39, 0.29) is 4.90 Å². The van der Waals surface area contributed by atoms with Gasteiger partial charge in [-0.05, 0) is 24.1 Å². The largest absolute Gasteiger partial charge is 0.394 e. The Hall–Kier alpha value is -0.910. The molecule has 1 aromatic carbocycles. The van der Waals surface area contributed by atoms with Crippen LogP contribution in [0.15, 0.2) is 29.2 Å². The lowest BCUT2D eigenvalue weighted by Crippen LogP contribution is -2.34. The first kappa shape index (κ1) is 12.2. The molecule has 0 radical (unpaired) electrons. The van der Waals surface area contributed by atoms with Gasteiger partial charge in [0.05, 0.1) is 11.5 Å². The number of benzene rings is 1. The van der Waals surface area contributed by atoms with Gasteiger partial charge in [-0.2, -0.15) is 0 Å². The zero-order valence-electron chi connectivity index (χ0n) is 8.55. The van der Waals surface area contributed by atoms with E-state index < -0.39 is 21.8 Å². The Morgan fingerprint density at radius 1 is 1.33 bits per heavy atom. The molecule has 0 fully saturated rings. The number of aliphatic hydroxyl groups is 1. The number of rotatable bonds is 4. The molecule has 0 aliphatic rings. The van der Waals surface area contributed by atoms with E-state index in [1.165, 1.54) is 12.1 Å². The fraction of sp³-hybridized carbons (Fsp3) is 0.400. The van der Waals surface area contributed by atoms with Crippen LogP contribution in [0.5, 0.6) is 0 Å². The van der Waals surface area contributed by atoms with E-state index in [0.717, 1.165) is 12.0 Å². The van der Waals surface area contributed by atoms with E-state index in [4.69, 9.17) is 10.8 Å². The van der Waals surface area contributed by atoms with Gasteiger partial charge in [-0.15, -0.1) is 0 Å². The Morgan fingerprint density at radius 3 is 2.27 bits per heavy atom. The summed E-state index contributed by atoms with van der Waals surface area (Å²) in [5, 5.41) is 7.48. The number of aliphatic hydroxyl groups excluding tert-OH is 1. The lowest BCUT2D eigenvalue weighted by molar-refractivity contribution is 0.292. The summed E-state index contributed by atoms with van der Waals surface area (Å²) in [5.74, 6) is 0. The number of hydrogen-bond donors (Lipinski definition) is 2. The van der Waals surface area contributed by atoms with Crippen LogP contribution >= 0.6 is 0 Å². The van der Waals surface area contributed by atoms with Crippen LogP contribution < -0.4 is 5.73 Å². The van der Waals surface area contributed by atoms with Crippen LogP contribution in [-0.4, -0.2) is 25.5 Å². The molecule has 0 aromatic heterocycles. The molecule has 0 bridgehead atoms. The molecular formula is C10H15NO3S. The third-order valence-corrected chi connectivity index (χ3v) is 4.11. The van der Waals surface area contributed by atoms with Crippen LogP contribution in [0, 0.1) is 0 Å². The molecule has 0 spiro atoms. The summed E-state index contributed by atoms with van der Waals surface area (Å²) in [5.41, 5.74) is 6.38. The summed E-state index contributed by atoms with van der Waals surface area (Å²) in [4.78, 5) is 0.154. The molecule has 5 heteroatoms. The van der Waals surface area contributed by atoms with Crippen molar-refractivity contribution in [3.8, 4) is 0 Å². The number of aryl methyl sites for hydroxylation is 1. The van der Waals surface area contributed by atoms with Gasteiger partial charge < -0.3 is 10.8 Å². The Balaban J connectivity index is 3.06. The number of hydrogen-bond acceptors (Lipinski definition) is 4. The molecule has 84 valence electrons. The van der Waals surface area contributed by atoms with Gasteiger partial charge >= 0.3 is 0 Å². The van der Waals surface area contributed by atoms with Crippen molar-refractivity contribution >= 4 is 9.84 Å². The summed E-state index contributed by atoms with van der Waals surface area (Å²) in [6, 6.07) is 6.53. The van der Waals surface area contributed by atoms with Crippen molar-refractivity contribution < 1.29 is 13.5 Å². The molecule has 0 saturated heterocycles. The molecule has 15 heavy (non-hydrogen) atoms. The minimum Gasteiger partial charge on any atom is -0.394 e. The zero-order chi connectivity index (χ0) is 11.5. The second-order valence-electron chi connectivity index (χ2n) is 3.26. The smallest absolute Gasteiger partial charge is 0.196 e. The summed E-state index contributed by atoms with van der Waals surface area (Å²) < 4.78 is 23.4. The van der Waals surface area contributed by atoms with Crippen molar-refractivity contribution in [3.63, 3.8) is 0 Å². The minimum absolute atomic E-state index is 0.154. The maximum Gasteiger partial charge on any atom is 0.196 e. The normalized spacial score (nSPS) is 13.8. The first-order chi connectivity index (χ1) is 7.02. The number of sulfone groups is 1. The lowest BCUT2D eigenvalue weighted by atomic mass is 10.2. The van der Waals surface area contributed by atoms with Crippen LogP contribution in [0.2, 0.25) is 0 Å². The fourth-order valence-electron chi connectivity index (χ4n) is 1.19. The van der Waals surface area contributed by atoms with Gasteiger partial charge in [0.15, 0.2) is 9.84 Å². The molecule has 4 nitrogen and oxygen atoms in total. The van der Waals surface area contributed by atoms with Crippen molar-refractivity contribution in [1.82, 2.24) is 0 Å². The summed E-state index contributed by atoms with van der Waals surface area (Å²) in [7, 11) is -3.59. The highest BCUT2D eigenvalue weighted by Crippen LogP contribution is 2.14. The quantitative estimate of drug-likeness (QED) is 0.778. The third-order valence-electron chi connectivity index (χ3n) is 2.24. The first-order valence-corrected chi connectivity index (χ1v) is 6.26. The molecular weight excluding hydrogens is 214 g/mol. The Bertz CT molecular complexity index is 411. The highest BCUT2D eigenvalue weighted by Gasteiger charge is 2.22. The minimum atomic E-state index is -3.59. The van der Waals surface area contributed by atoms with Crippen LogP contribution in [-0.2, 0) is 16.3 Å². The Labute approximate surface area is 89.7 Å². The molecule has 1 atom stereocenters. The molecule has 0 aliphatic carbocycles. The molecule has 3 N–H and O–H groups in total. The molecule has 0 heterocycles. The SMILES string of the molecule is CCc1ccc(S(=O)(=O)C(N)CO)cc1. The van der Waals surface area contributed by atoms with Crippen LogP contribution in [0.4, 0.5) is 0 Å². The molecule has 0 aliphatic heterocycles. The van der Waals surface area contributed by atoms with Gasteiger partial charge in [0, 0.05) is 0 Å². The maximum atomic E-state index is 11.7. The van der Waals surface area contributed by atoms with Crippen molar-refractivity contribution in [2.45, 2.75) is 23.6 Å². The average Bonchev–Trinajstić information content (AvgIpc) is 2.28. The second kappa shape index (κ2) is 4.74. The topological polar surface area (TPSA) is 80.4 Å². The van der Waals surface area contributed by atoms with E-state index in [1.54, 1.807) is 12.1 Å². The van der Waals surface area contributed by atoms with E-state index in [1.807, 2.05) is 6.92 Å². The van der Waals surface area contributed by atoms with Gasteiger partial charge in [0.25, 0.3) is 0 Å².